The largest absolute Gasteiger partial charge is 0.391 e. The lowest BCUT2D eigenvalue weighted by Gasteiger charge is -2.21. The number of hydrogen-bond acceptors (Lipinski definition) is 3. The first-order valence-electron chi connectivity index (χ1n) is 10.3. The van der Waals surface area contributed by atoms with Gasteiger partial charge in [-0.05, 0) is 55.9 Å². The number of rotatable bonds is 6. The van der Waals surface area contributed by atoms with Crippen LogP contribution >= 0.6 is 0 Å². The first-order valence-corrected chi connectivity index (χ1v) is 10.3. The SMILES string of the molecule is C=C(C)/C(=C(/C)NC)c1cnc2c(c1)C(C1=CCC(=N/C=C\CC)N=C1)=CCC2.[HH]. The van der Waals surface area contributed by atoms with Crippen molar-refractivity contribution in [3.63, 3.8) is 0 Å². The van der Waals surface area contributed by atoms with Gasteiger partial charge in [0.05, 0.1) is 0 Å². The van der Waals surface area contributed by atoms with Crippen molar-refractivity contribution in [3.05, 3.63) is 76.9 Å². The van der Waals surface area contributed by atoms with Crippen LogP contribution in [0.2, 0.25) is 0 Å². The van der Waals surface area contributed by atoms with Gasteiger partial charge in [-0.1, -0.05) is 31.7 Å². The Bertz CT molecular complexity index is 990. The van der Waals surface area contributed by atoms with E-state index in [1.54, 1.807) is 0 Å². The van der Waals surface area contributed by atoms with Crippen LogP contribution in [-0.4, -0.2) is 24.1 Å². The van der Waals surface area contributed by atoms with E-state index in [1.165, 1.54) is 11.1 Å². The Labute approximate surface area is 175 Å². The Morgan fingerprint density at radius 1 is 1.34 bits per heavy atom. The molecule has 152 valence electrons. The van der Waals surface area contributed by atoms with E-state index in [-0.39, 0.29) is 1.43 Å². The molecule has 1 aliphatic heterocycles. The van der Waals surface area contributed by atoms with Gasteiger partial charge in [-0.2, -0.15) is 0 Å². The van der Waals surface area contributed by atoms with Crippen LogP contribution in [0.15, 0.2) is 70.1 Å². The topological polar surface area (TPSA) is 49.6 Å². The number of aliphatic imine (C=N–C) groups is 2. The third-order valence-electron chi connectivity index (χ3n) is 5.19. The highest BCUT2D eigenvalue weighted by Crippen LogP contribution is 2.34. The summed E-state index contributed by atoms with van der Waals surface area (Å²) in [5.41, 5.74) is 9.05. The zero-order valence-electron chi connectivity index (χ0n) is 17.9. The van der Waals surface area contributed by atoms with E-state index in [0.29, 0.717) is 0 Å². The molecule has 1 aromatic rings. The van der Waals surface area contributed by atoms with Crippen LogP contribution in [0.1, 0.15) is 58.3 Å². The monoisotopic (exact) mass is 388 g/mol. The molecule has 0 fully saturated rings. The molecule has 1 N–H and O–H groups in total. The van der Waals surface area contributed by atoms with Crippen molar-refractivity contribution in [1.82, 2.24) is 10.3 Å². The van der Waals surface area contributed by atoms with E-state index in [2.05, 4.69) is 53.9 Å². The van der Waals surface area contributed by atoms with Crippen LogP contribution in [-0.2, 0) is 6.42 Å². The summed E-state index contributed by atoms with van der Waals surface area (Å²) in [5, 5.41) is 3.25. The van der Waals surface area contributed by atoms with E-state index in [9.17, 15) is 0 Å². The smallest absolute Gasteiger partial charge is 0.131 e. The molecule has 0 saturated carbocycles. The summed E-state index contributed by atoms with van der Waals surface area (Å²) in [7, 11) is 1.94. The highest BCUT2D eigenvalue weighted by molar-refractivity contribution is 6.09. The Hall–Kier alpha value is -3.01. The van der Waals surface area contributed by atoms with Crippen LogP contribution < -0.4 is 5.32 Å². The number of aryl methyl sites for hydroxylation is 1. The van der Waals surface area contributed by atoms with Crippen molar-refractivity contribution in [2.24, 2.45) is 9.98 Å². The second-order valence-corrected chi connectivity index (χ2v) is 7.37. The van der Waals surface area contributed by atoms with Crippen molar-refractivity contribution in [3.8, 4) is 0 Å². The van der Waals surface area contributed by atoms with Gasteiger partial charge in [0.15, 0.2) is 0 Å². The maximum atomic E-state index is 4.80. The number of amidine groups is 1. The standard InChI is InChI=1S/C25H30N4.H2/c1-6-7-13-27-24-12-11-19(15-29-24)21-9-8-10-23-22(21)14-20(16-28-23)25(17(2)3)18(4)26-5;/h7,9,11,13-16,26H,2,6,8,10,12H2,1,3-5H3;1H/b13-7-,25-18+,27-24?;. The van der Waals surface area contributed by atoms with Crippen molar-refractivity contribution >= 4 is 23.2 Å². The molecular formula is C25H32N4. The average Bonchev–Trinajstić information content (AvgIpc) is 2.74. The minimum absolute atomic E-state index is 0. The molecule has 0 spiro atoms. The third kappa shape index (κ3) is 4.70. The Morgan fingerprint density at radius 3 is 2.83 bits per heavy atom. The van der Waals surface area contributed by atoms with Gasteiger partial charge >= 0.3 is 0 Å². The number of fused-ring (bicyclic) bond motifs is 1. The summed E-state index contributed by atoms with van der Waals surface area (Å²) in [4.78, 5) is 13.8. The number of aromatic nitrogens is 1. The molecule has 3 rings (SSSR count). The molecule has 2 heterocycles. The second kappa shape index (κ2) is 9.46. The van der Waals surface area contributed by atoms with E-state index >= 15 is 0 Å². The molecule has 4 heteroatoms. The van der Waals surface area contributed by atoms with Crippen molar-refractivity contribution in [2.45, 2.75) is 46.5 Å². The molecule has 0 radical (unpaired) electrons. The summed E-state index contributed by atoms with van der Waals surface area (Å²) in [6, 6.07) is 2.25. The molecular weight excluding hydrogens is 356 g/mol. The van der Waals surface area contributed by atoms with Gasteiger partial charge in [0.25, 0.3) is 0 Å². The number of allylic oxidation sites excluding steroid dienone is 7. The molecule has 4 nitrogen and oxygen atoms in total. The normalized spacial score (nSPS) is 18.3. The van der Waals surface area contributed by atoms with Gasteiger partial charge in [-0.15, -0.1) is 0 Å². The molecule has 0 atom stereocenters. The van der Waals surface area contributed by atoms with Gasteiger partial charge in [-0.3, -0.25) is 4.98 Å². The van der Waals surface area contributed by atoms with Crippen LogP contribution in [0.5, 0.6) is 0 Å². The molecule has 0 bridgehead atoms. The molecule has 2 aliphatic rings. The van der Waals surface area contributed by atoms with Gasteiger partial charge in [0.1, 0.15) is 5.84 Å². The number of nitrogens with one attached hydrogen (secondary N) is 1. The van der Waals surface area contributed by atoms with E-state index in [0.717, 1.165) is 65.2 Å². The molecule has 29 heavy (non-hydrogen) atoms. The summed E-state index contributed by atoms with van der Waals surface area (Å²) in [6.07, 6.45) is 16.0. The number of hydrogen-bond donors (Lipinski definition) is 1. The van der Waals surface area contributed by atoms with Crippen molar-refractivity contribution in [2.75, 3.05) is 7.05 Å². The van der Waals surface area contributed by atoms with E-state index < -0.39 is 0 Å². The zero-order valence-corrected chi connectivity index (χ0v) is 17.9. The Morgan fingerprint density at radius 2 is 2.17 bits per heavy atom. The Kier molecular flexibility index (Phi) is 6.76. The predicted molar refractivity (Wildman–Crippen MR) is 127 cm³/mol. The van der Waals surface area contributed by atoms with Gasteiger partial charge in [0.2, 0.25) is 0 Å². The molecule has 1 aromatic heterocycles. The lowest BCUT2D eigenvalue weighted by Crippen LogP contribution is -2.10. The van der Waals surface area contributed by atoms with Gasteiger partial charge in [-0.25, -0.2) is 9.98 Å². The van der Waals surface area contributed by atoms with Crippen LogP contribution in [0.4, 0.5) is 0 Å². The summed E-state index contributed by atoms with van der Waals surface area (Å²) >= 11 is 0. The summed E-state index contributed by atoms with van der Waals surface area (Å²) in [6.45, 7) is 10.4. The highest BCUT2D eigenvalue weighted by atomic mass is 14.9. The lowest BCUT2D eigenvalue weighted by atomic mass is 9.87. The molecule has 0 aromatic carbocycles. The third-order valence-corrected chi connectivity index (χ3v) is 5.19. The number of nitrogens with zero attached hydrogens (tertiary/aromatic N) is 3. The van der Waals surface area contributed by atoms with E-state index in [1.807, 2.05) is 38.7 Å². The number of dihydropyridines is 1. The fourth-order valence-corrected chi connectivity index (χ4v) is 3.67. The maximum absolute atomic E-state index is 4.80. The maximum Gasteiger partial charge on any atom is 0.131 e. The molecule has 0 unspecified atom stereocenters. The second-order valence-electron chi connectivity index (χ2n) is 7.37. The average molecular weight is 389 g/mol. The Balaban J connectivity index is 0.00000320. The van der Waals surface area contributed by atoms with Crippen molar-refractivity contribution in [1.29, 1.82) is 0 Å². The van der Waals surface area contributed by atoms with Gasteiger partial charge < -0.3 is 5.32 Å². The minimum atomic E-state index is 0. The van der Waals surface area contributed by atoms with Gasteiger partial charge in [0, 0.05) is 61.6 Å². The summed E-state index contributed by atoms with van der Waals surface area (Å²) < 4.78 is 0. The fraction of sp³-hybridized carbons (Fsp3) is 0.320. The van der Waals surface area contributed by atoms with Crippen LogP contribution in [0, 0.1) is 0 Å². The van der Waals surface area contributed by atoms with Crippen LogP contribution in [0.3, 0.4) is 0 Å². The quantitative estimate of drug-likeness (QED) is 0.616. The molecule has 0 amide bonds. The zero-order chi connectivity index (χ0) is 20.8. The van der Waals surface area contributed by atoms with E-state index in [4.69, 9.17) is 4.98 Å². The highest BCUT2D eigenvalue weighted by Gasteiger charge is 2.20. The first-order chi connectivity index (χ1) is 14.0. The predicted octanol–water partition coefficient (Wildman–Crippen LogP) is 5.91. The summed E-state index contributed by atoms with van der Waals surface area (Å²) in [5.74, 6) is 0.846. The number of pyridine rings is 1. The lowest BCUT2D eigenvalue weighted by molar-refractivity contribution is 0.918. The molecule has 1 aliphatic carbocycles. The fourth-order valence-electron chi connectivity index (χ4n) is 3.67. The van der Waals surface area contributed by atoms with Crippen molar-refractivity contribution < 1.29 is 1.43 Å². The van der Waals surface area contributed by atoms with Crippen LogP contribution in [0.25, 0.3) is 11.1 Å². The first kappa shape index (κ1) is 20.7. The molecule has 0 saturated heterocycles. The minimum Gasteiger partial charge on any atom is -0.391 e.